The molecule has 0 aliphatic carbocycles. The molecule has 0 saturated carbocycles. The summed E-state index contributed by atoms with van der Waals surface area (Å²) < 4.78 is 0. The summed E-state index contributed by atoms with van der Waals surface area (Å²) in [4.78, 5) is 5.97. The van der Waals surface area contributed by atoms with Gasteiger partial charge in [0.05, 0.1) is 5.69 Å². The third kappa shape index (κ3) is 2.78. The van der Waals surface area contributed by atoms with Gasteiger partial charge in [-0.3, -0.25) is 0 Å². The second-order valence-corrected chi connectivity index (χ2v) is 4.77. The molecule has 0 amide bonds. The van der Waals surface area contributed by atoms with Crippen LogP contribution in [0.5, 0.6) is 0 Å². The Balaban J connectivity index is 2.71. The molecule has 0 radical (unpaired) electrons. The summed E-state index contributed by atoms with van der Waals surface area (Å²) in [6.07, 6.45) is 0. The molecule has 2 nitrogen and oxygen atoms in total. The van der Waals surface area contributed by atoms with Crippen LogP contribution in [0.2, 0.25) is 0 Å². The fraction of sp³-hybridized carbons (Fsp3) is 0.700. The van der Waals surface area contributed by atoms with Gasteiger partial charge in [-0.2, -0.15) is 0 Å². The second kappa shape index (κ2) is 4.72. The first-order chi connectivity index (χ1) is 6.15. The van der Waals surface area contributed by atoms with E-state index < -0.39 is 0 Å². The number of nitrogens with one attached hydrogen (secondary N) is 1. The van der Waals surface area contributed by atoms with E-state index in [0.717, 1.165) is 13.1 Å². The summed E-state index contributed by atoms with van der Waals surface area (Å²) in [5.41, 5.74) is 1.26. The molecule has 1 heterocycles. The first-order valence-electron chi connectivity index (χ1n) is 4.82. The van der Waals surface area contributed by atoms with Crippen molar-refractivity contribution in [1.29, 1.82) is 0 Å². The van der Waals surface area contributed by atoms with Crippen LogP contribution in [0.15, 0.2) is 0 Å². The third-order valence-corrected chi connectivity index (χ3v) is 2.94. The van der Waals surface area contributed by atoms with Gasteiger partial charge in [-0.05, 0) is 19.4 Å². The predicted molar refractivity (Wildman–Crippen MR) is 58.3 cm³/mol. The summed E-state index contributed by atoms with van der Waals surface area (Å²) in [5.74, 6) is 0.548. The van der Waals surface area contributed by atoms with Crippen molar-refractivity contribution in [3.05, 3.63) is 15.6 Å². The zero-order valence-corrected chi connectivity index (χ0v) is 9.66. The Morgan fingerprint density at radius 1 is 1.46 bits per heavy atom. The van der Waals surface area contributed by atoms with Crippen molar-refractivity contribution < 1.29 is 0 Å². The molecule has 0 bridgehead atoms. The normalized spacial score (nSPS) is 11.2. The van der Waals surface area contributed by atoms with Crippen LogP contribution in [0.1, 0.15) is 42.3 Å². The lowest BCUT2D eigenvalue weighted by Crippen LogP contribution is -2.11. The van der Waals surface area contributed by atoms with E-state index in [1.165, 1.54) is 15.6 Å². The maximum absolute atomic E-state index is 4.60. The van der Waals surface area contributed by atoms with E-state index in [9.17, 15) is 0 Å². The molecular formula is C10H18N2S. The van der Waals surface area contributed by atoms with Gasteiger partial charge in [0.15, 0.2) is 0 Å². The van der Waals surface area contributed by atoms with E-state index in [1.807, 2.05) is 11.3 Å². The van der Waals surface area contributed by atoms with Crippen LogP contribution in [0.4, 0.5) is 0 Å². The Kier molecular flexibility index (Phi) is 3.88. The minimum Gasteiger partial charge on any atom is -0.311 e. The molecule has 0 unspecified atom stereocenters. The Morgan fingerprint density at radius 2 is 2.15 bits per heavy atom. The van der Waals surface area contributed by atoms with Crippen LogP contribution in [-0.2, 0) is 6.54 Å². The lowest BCUT2D eigenvalue weighted by molar-refractivity contribution is 0.714. The van der Waals surface area contributed by atoms with E-state index in [0.29, 0.717) is 5.92 Å². The Bertz CT molecular complexity index is 266. The molecular weight excluding hydrogens is 180 g/mol. The number of aryl methyl sites for hydroxylation is 1. The highest BCUT2D eigenvalue weighted by Gasteiger charge is 2.09. The van der Waals surface area contributed by atoms with Gasteiger partial charge in [-0.15, -0.1) is 11.3 Å². The highest BCUT2D eigenvalue weighted by atomic mass is 32.1. The molecule has 0 saturated heterocycles. The summed E-state index contributed by atoms with van der Waals surface area (Å²) >= 11 is 1.81. The molecule has 13 heavy (non-hydrogen) atoms. The van der Waals surface area contributed by atoms with E-state index >= 15 is 0 Å². The Morgan fingerprint density at radius 3 is 2.62 bits per heavy atom. The van der Waals surface area contributed by atoms with Crippen LogP contribution < -0.4 is 5.32 Å². The number of nitrogens with zero attached hydrogens (tertiary/aromatic N) is 1. The zero-order valence-electron chi connectivity index (χ0n) is 8.85. The zero-order chi connectivity index (χ0) is 9.84. The number of aromatic nitrogens is 1. The second-order valence-electron chi connectivity index (χ2n) is 3.48. The molecule has 74 valence electrons. The molecule has 3 heteroatoms. The van der Waals surface area contributed by atoms with Crippen molar-refractivity contribution >= 4 is 11.3 Å². The fourth-order valence-electron chi connectivity index (χ4n) is 1.31. The summed E-state index contributed by atoms with van der Waals surface area (Å²) in [6.45, 7) is 10.6. The summed E-state index contributed by atoms with van der Waals surface area (Å²) in [7, 11) is 0. The highest BCUT2D eigenvalue weighted by molar-refractivity contribution is 7.11. The minimum atomic E-state index is 0.548. The smallest absolute Gasteiger partial charge is 0.107 e. The number of hydrogen-bond donors (Lipinski definition) is 1. The van der Waals surface area contributed by atoms with Gasteiger partial charge in [-0.1, -0.05) is 20.8 Å². The SMILES string of the molecule is CCNCc1nc(C(C)C)c(C)s1. The topological polar surface area (TPSA) is 24.9 Å². The predicted octanol–water partition coefficient (Wildman–Crippen LogP) is 2.68. The fourth-order valence-corrected chi connectivity index (χ4v) is 2.37. The van der Waals surface area contributed by atoms with E-state index in [1.54, 1.807) is 0 Å². The van der Waals surface area contributed by atoms with Crippen molar-refractivity contribution in [2.45, 2.75) is 40.2 Å². The van der Waals surface area contributed by atoms with Gasteiger partial charge in [0, 0.05) is 11.4 Å². The molecule has 1 N–H and O–H groups in total. The Labute approximate surface area is 84.4 Å². The van der Waals surface area contributed by atoms with E-state index in [2.05, 4.69) is 38.0 Å². The van der Waals surface area contributed by atoms with Crippen LogP contribution in [-0.4, -0.2) is 11.5 Å². The first-order valence-corrected chi connectivity index (χ1v) is 5.63. The minimum absolute atomic E-state index is 0.548. The van der Waals surface area contributed by atoms with Gasteiger partial charge < -0.3 is 5.32 Å². The molecule has 0 spiro atoms. The molecule has 0 aliphatic heterocycles. The van der Waals surface area contributed by atoms with Gasteiger partial charge >= 0.3 is 0 Å². The van der Waals surface area contributed by atoms with Crippen LogP contribution in [0, 0.1) is 6.92 Å². The quantitative estimate of drug-likeness (QED) is 0.804. The molecule has 1 rings (SSSR count). The standard InChI is InChI=1S/C10H18N2S/c1-5-11-6-9-12-10(7(2)3)8(4)13-9/h7,11H,5-6H2,1-4H3. The molecule has 0 aliphatic rings. The highest BCUT2D eigenvalue weighted by Crippen LogP contribution is 2.23. The largest absolute Gasteiger partial charge is 0.311 e. The van der Waals surface area contributed by atoms with E-state index in [-0.39, 0.29) is 0 Å². The van der Waals surface area contributed by atoms with Crippen LogP contribution >= 0.6 is 11.3 Å². The van der Waals surface area contributed by atoms with Crippen molar-refractivity contribution in [2.24, 2.45) is 0 Å². The monoisotopic (exact) mass is 198 g/mol. The van der Waals surface area contributed by atoms with Crippen LogP contribution in [0.3, 0.4) is 0 Å². The molecule has 1 aromatic rings. The van der Waals surface area contributed by atoms with Crippen LogP contribution in [0.25, 0.3) is 0 Å². The number of thiazole rings is 1. The molecule has 0 atom stereocenters. The van der Waals surface area contributed by atoms with Gasteiger partial charge in [0.25, 0.3) is 0 Å². The van der Waals surface area contributed by atoms with Crippen molar-refractivity contribution in [3.63, 3.8) is 0 Å². The summed E-state index contributed by atoms with van der Waals surface area (Å²) in [5, 5.41) is 4.50. The van der Waals surface area contributed by atoms with Crippen molar-refractivity contribution in [2.75, 3.05) is 6.54 Å². The Hall–Kier alpha value is -0.410. The van der Waals surface area contributed by atoms with Gasteiger partial charge in [0.1, 0.15) is 5.01 Å². The average Bonchev–Trinajstić information content (AvgIpc) is 2.43. The van der Waals surface area contributed by atoms with E-state index in [4.69, 9.17) is 0 Å². The number of rotatable bonds is 4. The molecule has 1 aromatic heterocycles. The molecule has 0 aromatic carbocycles. The van der Waals surface area contributed by atoms with Crippen molar-refractivity contribution in [1.82, 2.24) is 10.3 Å². The maximum atomic E-state index is 4.60. The first kappa shape index (κ1) is 10.7. The lowest BCUT2D eigenvalue weighted by atomic mass is 10.1. The third-order valence-electron chi connectivity index (χ3n) is 1.95. The molecule has 0 fully saturated rings. The average molecular weight is 198 g/mol. The van der Waals surface area contributed by atoms with Gasteiger partial charge in [-0.25, -0.2) is 4.98 Å². The number of hydrogen-bond acceptors (Lipinski definition) is 3. The van der Waals surface area contributed by atoms with Gasteiger partial charge in [0.2, 0.25) is 0 Å². The summed E-state index contributed by atoms with van der Waals surface area (Å²) in [6, 6.07) is 0. The lowest BCUT2D eigenvalue weighted by Gasteiger charge is -1.99. The maximum Gasteiger partial charge on any atom is 0.107 e. The van der Waals surface area contributed by atoms with Crippen molar-refractivity contribution in [3.8, 4) is 0 Å².